The van der Waals surface area contributed by atoms with E-state index in [1.54, 1.807) is 19.1 Å². The monoisotopic (exact) mass is 275 g/mol. The van der Waals surface area contributed by atoms with Crippen LogP contribution in [-0.4, -0.2) is 35.1 Å². The Morgan fingerprint density at radius 2 is 1.75 bits per heavy atom. The molecule has 1 unspecified atom stereocenters. The van der Waals surface area contributed by atoms with Crippen LogP contribution in [0.2, 0.25) is 0 Å². The zero-order chi connectivity index (χ0) is 14.3. The van der Waals surface area contributed by atoms with Crippen LogP contribution in [0.5, 0.6) is 0 Å². The highest BCUT2D eigenvalue weighted by Gasteiger charge is 2.40. The highest BCUT2D eigenvalue weighted by atomic mass is 16.7. The van der Waals surface area contributed by atoms with Crippen LogP contribution in [0.25, 0.3) is 0 Å². The molecule has 1 aliphatic heterocycles. The second kappa shape index (κ2) is 4.72. The number of hydroxylamine groups is 2. The molecule has 1 aromatic carbocycles. The molecule has 0 aromatic heterocycles. The number of rotatable bonds is 4. The lowest BCUT2D eigenvalue weighted by atomic mass is 10.1. The third kappa shape index (κ3) is 2.18. The summed E-state index contributed by atoms with van der Waals surface area (Å²) in [5.41, 5.74) is 0.474. The van der Waals surface area contributed by atoms with Gasteiger partial charge in [-0.15, -0.1) is 0 Å². The molecule has 2 aliphatic rings. The molecule has 0 bridgehead atoms. The average molecular weight is 275 g/mol. The number of amides is 2. The first kappa shape index (κ1) is 12.8. The molecular weight excluding hydrogens is 262 g/mol. The molecule has 1 heterocycles. The predicted octanol–water partition coefficient (Wildman–Crippen LogP) is 1.31. The minimum absolute atomic E-state index is 0.0831. The molecule has 0 saturated heterocycles. The van der Waals surface area contributed by atoms with E-state index < -0.39 is 23.9 Å². The number of imide groups is 1. The van der Waals surface area contributed by atoms with Crippen LogP contribution < -0.4 is 0 Å². The van der Waals surface area contributed by atoms with E-state index in [-0.39, 0.29) is 17.2 Å². The van der Waals surface area contributed by atoms with Crippen molar-refractivity contribution < 1.29 is 24.0 Å². The first-order chi connectivity index (χ1) is 9.58. The first-order valence-electron chi connectivity index (χ1n) is 6.43. The standard InChI is InChI=1S/C14H13NO5/c1-8(19-9-6-7-9)14(18)20-15-12(16)10-4-2-3-5-11(10)13(15)17/h2-5,8-9H,6-7H2,1H3. The van der Waals surface area contributed by atoms with Crippen LogP contribution in [0, 0.1) is 0 Å². The Kier molecular flexibility index (Phi) is 3.02. The molecule has 104 valence electrons. The largest absolute Gasteiger partial charge is 0.363 e. The highest BCUT2D eigenvalue weighted by Crippen LogP contribution is 2.26. The molecule has 1 fully saturated rings. The molecular formula is C14H13NO5. The van der Waals surface area contributed by atoms with E-state index >= 15 is 0 Å². The molecule has 2 amide bonds. The van der Waals surface area contributed by atoms with E-state index in [1.807, 2.05) is 0 Å². The van der Waals surface area contributed by atoms with Crippen LogP contribution >= 0.6 is 0 Å². The Bertz CT molecular complexity index is 558. The Morgan fingerprint density at radius 3 is 2.25 bits per heavy atom. The van der Waals surface area contributed by atoms with Gasteiger partial charge in [0, 0.05) is 0 Å². The van der Waals surface area contributed by atoms with Gasteiger partial charge in [0.2, 0.25) is 0 Å². The minimum Gasteiger partial charge on any atom is -0.363 e. The molecule has 1 aromatic rings. The van der Waals surface area contributed by atoms with Crippen molar-refractivity contribution in [2.75, 3.05) is 0 Å². The van der Waals surface area contributed by atoms with Crippen molar-refractivity contribution in [3.05, 3.63) is 35.4 Å². The second-order valence-electron chi connectivity index (χ2n) is 4.84. The van der Waals surface area contributed by atoms with Gasteiger partial charge >= 0.3 is 5.97 Å². The van der Waals surface area contributed by atoms with Gasteiger partial charge in [-0.2, -0.15) is 0 Å². The maximum Gasteiger partial charge on any atom is 0.361 e. The molecule has 20 heavy (non-hydrogen) atoms. The van der Waals surface area contributed by atoms with Crippen LogP contribution in [-0.2, 0) is 14.4 Å². The topological polar surface area (TPSA) is 72.9 Å². The van der Waals surface area contributed by atoms with E-state index in [1.165, 1.54) is 12.1 Å². The van der Waals surface area contributed by atoms with Gasteiger partial charge in [0.1, 0.15) is 0 Å². The lowest BCUT2D eigenvalue weighted by Crippen LogP contribution is -2.37. The summed E-state index contributed by atoms with van der Waals surface area (Å²) in [6.07, 6.45) is 1.13. The van der Waals surface area contributed by atoms with E-state index in [4.69, 9.17) is 9.57 Å². The van der Waals surface area contributed by atoms with E-state index in [0.29, 0.717) is 5.06 Å². The minimum atomic E-state index is -0.799. The summed E-state index contributed by atoms with van der Waals surface area (Å²) < 4.78 is 5.36. The van der Waals surface area contributed by atoms with Gasteiger partial charge in [-0.1, -0.05) is 17.2 Å². The lowest BCUT2D eigenvalue weighted by Gasteiger charge is -2.16. The van der Waals surface area contributed by atoms with Gasteiger partial charge in [0.25, 0.3) is 11.8 Å². The fourth-order valence-electron chi connectivity index (χ4n) is 1.96. The molecule has 3 rings (SSSR count). The van der Waals surface area contributed by atoms with Crippen molar-refractivity contribution in [1.82, 2.24) is 5.06 Å². The second-order valence-corrected chi connectivity index (χ2v) is 4.84. The van der Waals surface area contributed by atoms with Crippen molar-refractivity contribution in [2.45, 2.75) is 32.0 Å². The molecule has 1 atom stereocenters. The van der Waals surface area contributed by atoms with Crippen molar-refractivity contribution in [2.24, 2.45) is 0 Å². The first-order valence-corrected chi connectivity index (χ1v) is 6.43. The molecule has 6 nitrogen and oxygen atoms in total. The number of hydrogen-bond acceptors (Lipinski definition) is 5. The van der Waals surface area contributed by atoms with Crippen molar-refractivity contribution in [3.63, 3.8) is 0 Å². The zero-order valence-electron chi connectivity index (χ0n) is 10.9. The normalized spacial score (nSPS) is 18.9. The Hall–Kier alpha value is -2.21. The Balaban J connectivity index is 1.71. The lowest BCUT2D eigenvalue weighted by molar-refractivity contribution is -0.181. The van der Waals surface area contributed by atoms with Gasteiger partial charge in [-0.25, -0.2) is 4.79 Å². The summed E-state index contributed by atoms with van der Waals surface area (Å²) in [5.74, 6) is -2.00. The summed E-state index contributed by atoms with van der Waals surface area (Å²) in [6.45, 7) is 1.54. The summed E-state index contributed by atoms with van der Waals surface area (Å²) in [4.78, 5) is 40.7. The van der Waals surface area contributed by atoms with Gasteiger partial charge in [-0.05, 0) is 31.9 Å². The smallest absolute Gasteiger partial charge is 0.361 e. The van der Waals surface area contributed by atoms with Crippen LogP contribution in [0.4, 0.5) is 0 Å². The SMILES string of the molecule is CC(OC1CC1)C(=O)ON1C(=O)c2ccccc2C1=O. The summed E-state index contributed by atoms with van der Waals surface area (Å²) in [5, 5.41) is 0.500. The number of ether oxygens (including phenoxy) is 1. The molecule has 1 saturated carbocycles. The number of fused-ring (bicyclic) bond motifs is 1. The third-order valence-electron chi connectivity index (χ3n) is 3.19. The molecule has 0 radical (unpaired) electrons. The maximum absolute atomic E-state index is 12.0. The quantitative estimate of drug-likeness (QED) is 0.775. The van der Waals surface area contributed by atoms with Crippen LogP contribution in [0.3, 0.4) is 0 Å². The number of carbonyl (C=O) groups is 3. The molecule has 0 N–H and O–H groups in total. The van der Waals surface area contributed by atoms with E-state index in [0.717, 1.165) is 12.8 Å². The van der Waals surface area contributed by atoms with E-state index in [9.17, 15) is 14.4 Å². The van der Waals surface area contributed by atoms with Gasteiger partial charge in [-0.3, -0.25) is 9.59 Å². The Morgan fingerprint density at radius 1 is 1.20 bits per heavy atom. The predicted molar refractivity (Wildman–Crippen MR) is 66.6 cm³/mol. The van der Waals surface area contributed by atoms with Gasteiger partial charge in [0.15, 0.2) is 6.10 Å². The summed E-state index contributed by atoms with van der Waals surface area (Å²) in [6, 6.07) is 6.34. The zero-order valence-corrected chi connectivity index (χ0v) is 10.9. The molecule has 6 heteroatoms. The maximum atomic E-state index is 12.0. The fourth-order valence-corrected chi connectivity index (χ4v) is 1.96. The van der Waals surface area contributed by atoms with E-state index in [2.05, 4.69) is 0 Å². The number of nitrogens with zero attached hydrogens (tertiary/aromatic N) is 1. The third-order valence-corrected chi connectivity index (χ3v) is 3.19. The number of benzene rings is 1. The Labute approximate surface area is 115 Å². The van der Waals surface area contributed by atoms with Gasteiger partial charge in [0.05, 0.1) is 17.2 Å². The van der Waals surface area contributed by atoms with Gasteiger partial charge < -0.3 is 9.57 Å². The van der Waals surface area contributed by atoms with Crippen molar-refractivity contribution in [3.8, 4) is 0 Å². The highest BCUT2D eigenvalue weighted by molar-refractivity contribution is 6.20. The summed E-state index contributed by atoms with van der Waals surface area (Å²) >= 11 is 0. The summed E-state index contributed by atoms with van der Waals surface area (Å²) in [7, 11) is 0. The fraction of sp³-hybridized carbons (Fsp3) is 0.357. The number of carbonyl (C=O) groups excluding carboxylic acids is 3. The average Bonchev–Trinajstić information content (AvgIpc) is 3.23. The van der Waals surface area contributed by atoms with Crippen LogP contribution in [0.1, 0.15) is 40.5 Å². The van der Waals surface area contributed by atoms with Crippen LogP contribution in [0.15, 0.2) is 24.3 Å². The van der Waals surface area contributed by atoms with Crippen molar-refractivity contribution in [1.29, 1.82) is 0 Å². The number of hydrogen-bond donors (Lipinski definition) is 0. The van der Waals surface area contributed by atoms with Crippen molar-refractivity contribution >= 4 is 17.8 Å². The molecule has 1 aliphatic carbocycles. The molecule has 0 spiro atoms.